The van der Waals surface area contributed by atoms with E-state index in [0.717, 1.165) is 56.9 Å². The summed E-state index contributed by atoms with van der Waals surface area (Å²) in [5.41, 5.74) is 0.352. The molecule has 2 atom stereocenters. The van der Waals surface area contributed by atoms with Crippen LogP contribution in [0.3, 0.4) is 0 Å². The lowest BCUT2D eigenvalue weighted by Crippen LogP contribution is -2.50. The zero-order valence-corrected chi connectivity index (χ0v) is 32.4. The Hall–Kier alpha value is -4.96. The lowest BCUT2D eigenvalue weighted by Gasteiger charge is -2.35. The van der Waals surface area contributed by atoms with Crippen molar-refractivity contribution in [3.63, 3.8) is 0 Å². The normalized spacial score (nSPS) is 16.5. The molecular formula is C39H54N4O12. The summed E-state index contributed by atoms with van der Waals surface area (Å²) < 4.78 is 20.1. The second-order valence-electron chi connectivity index (χ2n) is 14.2. The molecule has 2 amide bonds. The molecule has 2 aliphatic rings. The van der Waals surface area contributed by atoms with Gasteiger partial charge in [0.15, 0.2) is 0 Å². The van der Waals surface area contributed by atoms with E-state index in [4.69, 9.17) is 18.9 Å². The second kappa shape index (κ2) is 21.2. The number of hydrogen-bond acceptors (Lipinski definition) is 12. The molecule has 16 heteroatoms. The lowest BCUT2D eigenvalue weighted by molar-refractivity contribution is -0.385. The highest BCUT2D eigenvalue weighted by molar-refractivity contribution is 5.89. The molecule has 2 fully saturated rings. The average Bonchev–Trinajstić information content (AvgIpc) is 3.89. The molecule has 0 aromatic heterocycles. The van der Waals surface area contributed by atoms with Crippen LogP contribution in [-0.4, -0.2) is 99.3 Å². The van der Waals surface area contributed by atoms with E-state index in [1.807, 2.05) is 0 Å². The molecule has 0 unspecified atom stereocenters. The van der Waals surface area contributed by atoms with Gasteiger partial charge in [0.05, 0.1) is 34.9 Å². The SMILES string of the molecule is COCCC1(C(=O)N(C)[C@@H](Cc2ccc([N+](=O)[O-])cc2)C(=O)OC)CCCC1.COCCC1(C(=O)N[C@@H](Cc2ccc([N+](=O)[O-])cc2)C(=O)OC)CCCC1. The highest BCUT2D eigenvalue weighted by Gasteiger charge is 2.45. The van der Waals surface area contributed by atoms with E-state index in [0.29, 0.717) is 31.6 Å². The predicted molar refractivity (Wildman–Crippen MR) is 201 cm³/mol. The number of methoxy groups -OCH3 is 4. The Balaban J connectivity index is 0.000000296. The third-order valence-corrected chi connectivity index (χ3v) is 10.8. The third kappa shape index (κ3) is 12.0. The first-order valence-electron chi connectivity index (χ1n) is 18.4. The summed E-state index contributed by atoms with van der Waals surface area (Å²) in [6.45, 7) is 0.976. The fourth-order valence-corrected chi connectivity index (χ4v) is 7.50. The van der Waals surface area contributed by atoms with Crippen molar-refractivity contribution in [2.45, 2.75) is 89.1 Å². The first kappa shape index (κ1) is 44.4. The molecule has 4 rings (SSSR count). The van der Waals surface area contributed by atoms with Gasteiger partial charge in [0.2, 0.25) is 11.8 Å². The molecule has 0 radical (unpaired) electrons. The van der Waals surface area contributed by atoms with Gasteiger partial charge in [-0.3, -0.25) is 29.8 Å². The summed E-state index contributed by atoms with van der Waals surface area (Å²) in [7, 11) is 7.41. The summed E-state index contributed by atoms with van der Waals surface area (Å²) in [5, 5.41) is 24.4. The van der Waals surface area contributed by atoms with Gasteiger partial charge in [-0.15, -0.1) is 0 Å². The maximum absolute atomic E-state index is 13.3. The number of esters is 2. The Morgan fingerprint density at radius 2 is 1.11 bits per heavy atom. The van der Waals surface area contributed by atoms with E-state index in [1.165, 1.54) is 43.4 Å². The zero-order chi connectivity index (χ0) is 40.6. The molecule has 302 valence electrons. The highest BCUT2D eigenvalue weighted by Crippen LogP contribution is 2.43. The fraction of sp³-hybridized carbons (Fsp3) is 0.590. The molecule has 2 aromatic rings. The Morgan fingerprint density at radius 3 is 1.53 bits per heavy atom. The van der Waals surface area contributed by atoms with Crippen LogP contribution in [0.5, 0.6) is 0 Å². The summed E-state index contributed by atoms with van der Waals surface area (Å²) in [6, 6.07) is 10.3. The third-order valence-electron chi connectivity index (χ3n) is 10.8. The molecule has 1 N–H and O–H groups in total. The number of amides is 2. The summed E-state index contributed by atoms with van der Waals surface area (Å²) in [6.07, 6.45) is 8.69. The number of carbonyl (C=O) groups is 4. The highest BCUT2D eigenvalue weighted by atomic mass is 16.6. The first-order valence-corrected chi connectivity index (χ1v) is 18.4. The zero-order valence-electron chi connectivity index (χ0n) is 32.4. The van der Waals surface area contributed by atoms with Crippen LogP contribution in [0.15, 0.2) is 48.5 Å². The van der Waals surface area contributed by atoms with Crippen LogP contribution < -0.4 is 5.32 Å². The Morgan fingerprint density at radius 1 is 0.691 bits per heavy atom. The number of hydrogen-bond donors (Lipinski definition) is 1. The molecule has 0 aliphatic heterocycles. The fourth-order valence-electron chi connectivity index (χ4n) is 7.50. The molecule has 0 heterocycles. The van der Waals surface area contributed by atoms with Crippen molar-refractivity contribution < 1.29 is 48.0 Å². The topological polar surface area (TPSA) is 207 Å². The average molecular weight is 771 g/mol. The molecule has 2 aromatic carbocycles. The van der Waals surface area contributed by atoms with E-state index in [9.17, 15) is 39.4 Å². The van der Waals surface area contributed by atoms with E-state index in [1.54, 1.807) is 45.5 Å². The number of nitro groups is 2. The number of ether oxygens (including phenoxy) is 4. The maximum Gasteiger partial charge on any atom is 0.328 e. The van der Waals surface area contributed by atoms with Crippen LogP contribution in [0.4, 0.5) is 11.4 Å². The maximum atomic E-state index is 13.3. The van der Waals surface area contributed by atoms with Crippen molar-refractivity contribution >= 4 is 35.1 Å². The quantitative estimate of drug-likeness (QED) is 0.119. The molecule has 2 saturated carbocycles. The van der Waals surface area contributed by atoms with Crippen LogP contribution in [0.2, 0.25) is 0 Å². The number of likely N-dealkylation sites (N-methyl/N-ethyl adjacent to an activating group) is 1. The van der Waals surface area contributed by atoms with Crippen LogP contribution in [0.25, 0.3) is 0 Å². The minimum absolute atomic E-state index is 0.0210. The van der Waals surface area contributed by atoms with Crippen molar-refractivity contribution in [3.05, 3.63) is 79.9 Å². The smallest absolute Gasteiger partial charge is 0.328 e. The monoisotopic (exact) mass is 770 g/mol. The predicted octanol–water partition coefficient (Wildman–Crippen LogP) is 5.13. The largest absolute Gasteiger partial charge is 0.467 e. The van der Waals surface area contributed by atoms with Crippen LogP contribution in [0, 0.1) is 31.1 Å². The van der Waals surface area contributed by atoms with E-state index < -0.39 is 44.7 Å². The van der Waals surface area contributed by atoms with Crippen molar-refractivity contribution in [2.75, 3.05) is 48.7 Å². The molecular weight excluding hydrogens is 716 g/mol. The van der Waals surface area contributed by atoms with Crippen molar-refractivity contribution in [3.8, 4) is 0 Å². The Labute approximate surface area is 321 Å². The van der Waals surface area contributed by atoms with E-state index in [-0.39, 0.29) is 36.0 Å². The van der Waals surface area contributed by atoms with Gasteiger partial charge in [-0.2, -0.15) is 0 Å². The molecule has 16 nitrogen and oxygen atoms in total. The second-order valence-corrected chi connectivity index (χ2v) is 14.2. The van der Waals surface area contributed by atoms with Crippen LogP contribution in [-0.2, 0) is 51.0 Å². The van der Waals surface area contributed by atoms with Gasteiger partial charge in [-0.1, -0.05) is 49.9 Å². The molecule has 55 heavy (non-hydrogen) atoms. The van der Waals surface area contributed by atoms with Crippen molar-refractivity contribution in [1.29, 1.82) is 0 Å². The van der Waals surface area contributed by atoms with Gasteiger partial charge in [-0.05, 0) is 49.7 Å². The number of carbonyl (C=O) groups excluding carboxylic acids is 4. The van der Waals surface area contributed by atoms with Gasteiger partial charge >= 0.3 is 11.9 Å². The van der Waals surface area contributed by atoms with Crippen molar-refractivity contribution in [2.24, 2.45) is 10.8 Å². The summed E-state index contributed by atoms with van der Waals surface area (Å²) >= 11 is 0. The Bertz CT molecular complexity index is 1600. The Kier molecular flexibility index (Phi) is 17.1. The molecule has 0 bridgehead atoms. The molecule has 2 aliphatic carbocycles. The lowest BCUT2D eigenvalue weighted by atomic mass is 9.81. The molecule has 0 saturated heterocycles. The standard InChI is InChI=1S/C20H28N2O6.C19H26N2O6/c1-21(19(24)20(12-13-27-2)10-4-5-11-20)17(18(23)28-3)14-15-6-8-16(9-7-15)22(25)26;1-26-12-11-19(9-3-4-10-19)18(23)20-16(17(22)27-2)13-14-5-7-15(8-6-14)21(24)25/h6-9,17H,4-5,10-14H2,1-3H3;5-8,16H,3-4,9-13H2,1-2H3,(H,20,23)/t17-;16-/m00/s1. The first-order chi connectivity index (χ1) is 26.3. The summed E-state index contributed by atoms with van der Waals surface area (Å²) in [5.74, 6) is -1.27. The summed E-state index contributed by atoms with van der Waals surface area (Å²) in [4.78, 5) is 73.0. The van der Waals surface area contributed by atoms with Gasteiger partial charge in [0.1, 0.15) is 12.1 Å². The number of nitro benzene ring substituents is 2. The minimum Gasteiger partial charge on any atom is -0.467 e. The minimum atomic E-state index is -0.844. The molecule has 0 spiro atoms. The number of benzene rings is 2. The number of nitrogens with one attached hydrogen (secondary N) is 1. The van der Waals surface area contributed by atoms with Crippen molar-refractivity contribution in [1.82, 2.24) is 10.2 Å². The van der Waals surface area contributed by atoms with Gasteiger partial charge in [0, 0.05) is 71.6 Å². The van der Waals surface area contributed by atoms with Gasteiger partial charge < -0.3 is 29.2 Å². The number of rotatable bonds is 18. The van der Waals surface area contributed by atoms with E-state index in [2.05, 4.69) is 5.32 Å². The van der Waals surface area contributed by atoms with Gasteiger partial charge in [0.25, 0.3) is 11.4 Å². The van der Waals surface area contributed by atoms with Crippen LogP contribution in [0.1, 0.15) is 75.3 Å². The van der Waals surface area contributed by atoms with E-state index >= 15 is 0 Å². The van der Waals surface area contributed by atoms with Gasteiger partial charge in [-0.25, -0.2) is 9.59 Å². The number of nitrogens with zero attached hydrogens (tertiary/aromatic N) is 3. The van der Waals surface area contributed by atoms with Crippen LogP contribution >= 0.6 is 0 Å². The number of non-ortho nitro benzene ring substituents is 2.